The summed E-state index contributed by atoms with van der Waals surface area (Å²) in [5, 5.41) is 0. The van der Waals surface area contributed by atoms with E-state index in [-0.39, 0.29) is 0 Å². The van der Waals surface area contributed by atoms with Crippen LogP contribution in [0.1, 0.15) is 16.7 Å². The van der Waals surface area contributed by atoms with E-state index in [1.54, 1.807) is 0 Å². The van der Waals surface area contributed by atoms with Crippen LogP contribution in [-0.4, -0.2) is 4.98 Å². The molecule has 0 fully saturated rings. The monoisotopic (exact) mass is 181 g/mol. The van der Waals surface area contributed by atoms with Gasteiger partial charge in [0.1, 0.15) is 0 Å². The highest BCUT2D eigenvalue weighted by molar-refractivity contribution is 5.73. The van der Waals surface area contributed by atoms with E-state index in [0.717, 1.165) is 6.42 Å². The van der Waals surface area contributed by atoms with E-state index < -0.39 is 0 Å². The van der Waals surface area contributed by atoms with Crippen LogP contribution in [0, 0.1) is 6.92 Å². The van der Waals surface area contributed by atoms with Crippen LogP contribution >= 0.6 is 0 Å². The number of pyridine rings is 1. The van der Waals surface area contributed by atoms with Gasteiger partial charge in [-0.15, -0.1) is 0 Å². The Labute approximate surface area is 83.4 Å². The molecule has 1 aromatic carbocycles. The van der Waals surface area contributed by atoms with Gasteiger partial charge in [-0.05, 0) is 24.1 Å². The highest BCUT2D eigenvalue weighted by Gasteiger charge is 2.18. The summed E-state index contributed by atoms with van der Waals surface area (Å²) in [6.45, 7) is 2.14. The zero-order chi connectivity index (χ0) is 9.54. The van der Waals surface area contributed by atoms with E-state index in [1.807, 2.05) is 12.3 Å². The van der Waals surface area contributed by atoms with Crippen LogP contribution in [0.2, 0.25) is 0 Å². The lowest BCUT2D eigenvalue weighted by atomic mass is 10.1. The Hall–Kier alpha value is -1.63. The Kier molecular flexibility index (Phi) is 1.48. The van der Waals surface area contributed by atoms with Crippen LogP contribution in [0.15, 0.2) is 36.5 Å². The quantitative estimate of drug-likeness (QED) is 0.519. The average molecular weight is 181 g/mol. The third-order valence-corrected chi connectivity index (χ3v) is 2.79. The van der Waals surface area contributed by atoms with Gasteiger partial charge >= 0.3 is 0 Å². The minimum Gasteiger partial charge on any atom is -0.256 e. The first-order valence-corrected chi connectivity index (χ1v) is 4.88. The number of aryl methyl sites for hydroxylation is 1. The molecule has 1 heterocycles. The Morgan fingerprint density at radius 2 is 2.07 bits per heavy atom. The number of hydrogen-bond acceptors (Lipinski definition) is 1. The molecule has 14 heavy (non-hydrogen) atoms. The van der Waals surface area contributed by atoms with Gasteiger partial charge in [-0.1, -0.05) is 29.8 Å². The molecule has 1 nitrogen and oxygen atoms in total. The van der Waals surface area contributed by atoms with Gasteiger partial charge in [0.25, 0.3) is 0 Å². The fourth-order valence-electron chi connectivity index (χ4n) is 2.13. The van der Waals surface area contributed by atoms with Crippen molar-refractivity contribution >= 4 is 0 Å². The van der Waals surface area contributed by atoms with Crippen LogP contribution in [0.25, 0.3) is 11.3 Å². The molecule has 1 heteroatoms. The highest BCUT2D eigenvalue weighted by Crippen LogP contribution is 2.34. The minimum absolute atomic E-state index is 1.04. The van der Waals surface area contributed by atoms with Crippen molar-refractivity contribution < 1.29 is 0 Å². The van der Waals surface area contributed by atoms with E-state index in [4.69, 9.17) is 0 Å². The zero-order valence-corrected chi connectivity index (χ0v) is 8.12. The first-order chi connectivity index (χ1) is 6.84. The largest absolute Gasteiger partial charge is 0.256 e. The van der Waals surface area contributed by atoms with E-state index in [9.17, 15) is 0 Å². The maximum atomic E-state index is 4.43. The predicted octanol–water partition coefficient (Wildman–Crippen LogP) is 2.96. The van der Waals surface area contributed by atoms with Gasteiger partial charge in [0.2, 0.25) is 0 Å². The highest BCUT2D eigenvalue weighted by atomic mass is 14.7. The fourth-order valence-corrected chi connectivity index (χ4v) is 2.13. The second kappa shape index (κ2) is 2.68. The third kappa shape index (κ3) is 0.987. The second-order valence-corrected chi connectivity index (χ2v) is 3.85. The molecule has 0 saturated heterocycles. The summed E-state index contributed by atoms with van der Waals surface area (Å²) in [5.41, 5.74) is 6.58. The molecule has 0 bridgehead atoms. The van der Waals surface area contributed by atoms with Gasteiger partial charge in [0.15, 0.2) is 0 Å². The molecular formula is C13H11N. The average Bonchev–Trinajstić information content (AvgIpc) is 2.54. The van der Waals surface area contributed by atoms with E-state index >= 15 is 0 Å². The summed E-state index contributed by atoms with van der Waals surface area (Å²) in [6, 6.07) is 10.8. The van der Waals surface area contributed by atoms with Gasteiger partial charge < -0.3 is 0 Å². The predicted molar refractivity (Wildman–Crippen MR) is 57.2 cm³/mol. The van der Waals surface area contributed by atoms with Crippen molar-refractivity contribution in [3.05, 3.63) is 53.2 Å². The lowest BCUT2D eigenvalue weighted by molar-refractivity contribution is 1.22. The molecule has 1 aliphatic rings. The SMILES string of the molecule is Cc1ccc2c(c1)Cc1cccnc1-2. The van der Waals surface area contributed by atoms with Crippen LogP contribution in [0.4, 0.5) is 0 Å². The molecule has 0 amide bonds. The van der Waals surface area contributed by atoms with Crippen LogP contribution in [-0.2, 0) is 6.42 Å². The zero-order valence-electron chi connectivity index (χ0n) is 8.12. The van der Waals surface area contributed by atoms with Gasteiger partial charge in [0, 0.05) is 18.2 Å². The molecule has 0 aliphatic heterocycles. The molecular weight excluding hydrogens is 170 g/mol. The first kappa shape index (κ1) is 7.74. The second-order valence-electron chi connectivity index (χ2n) is 3.85. The molecule has 3 rings (SSSR count). The van der Waals surface area contributed by atoms with Crippen molar-refractivity contribution in [3.8, 4) is 11.3 Å². The van der Waals surface area contributed by atoms with Gasteiger partial charge in [-0.3, -0.25) is 4.98 Å². The first-order valence-electron chi connectivity index (χ1n) is 4.88. The smallest absolute Gasteiger partial charge is 0.0740 e. The summed E-state index contributed by atoms with van der Waals surface area (Å²) in [5.74, 6) is 0. The maximum Gasteiger partial charge on any atom is 0.0740 e. The maximum absolute atomic E-state index is 4.43. The summed E-state index contributed by atoms with van der Waals surface area (Å²) in [4.78, 5) is 4.43. The normalized spacial score (nSPS) is 12.4. The number of aromatic nitrogens is 1. The van der Waals surface area contributed by atoms with Crippen molar-refractivity contribution in [1.82, 2.24) is 4.98 Å². The van der Waals surface area contributed by atoms with Crippen molar-refractivity contribution in [2.75, 3.05) is 0 Å². The number of rotatable bonds is 0. The standard InChI is InChI=1S/C13H11N/c1-9-4-5-12-11(7-9)8-10-3-2-6-14-13(10)12/h2-7H,8H2,1H3. The molecule has 0 N–H and O–H groups in total. The molecule has 2 aromatic rings. The number of hydrogen-bond donors (Lipinski definition) is 0. The van der Waals surface area contributed by atoms with Gasteiger partial charge in [-0.2, -0.15) is 0 Å². The third-order valence-electron chi connectivity index (χ3n) is 2.79. The van der Waals surface area contributed by atoms with Crippen LogP contribution in [0.5, 0.6) is 0 Å². The Bertz CT molecular complexity index is 500. The van der Waals surface area contributed by atoms with Crippen molar-refractivity contribution in [1.29, 1.82) is 0 Å². The van der Waals surface area contributed by atoms with Gasteiger partial charge in [-0.25, -0.2) is 0 Å². The summed E-state index contributed by atoms with van der Waals surface area (Å²) < 4.78 is 0. The lowest BCUT2D eigenvalue weighted by Gasteiger charge is -1.99. The van der Waals surface area contributed by atoms with Gasteiger partial charge in [0.05, 0.1) is 5.69 Å². The molecule has 0 unspecified atom stereocenters. The summed E-state index contributed by atoms with van der Waals surface area (Å²) in [6.07, 6.45) is 2.91. The summed E-state index contributed by atoms with van der Waals surface area (Å²) >= 11 is 0. The lowest BCUT2D eigenvalue weighted by Crippen LogP contribution is -1.81. The molecule has 68 valence electrons. The fraction of sp³-hybridized carbons (Fsp3) is 0.154. The van der Waals surface area contributed by atoms with Crippen molar-refractivity contribution in [2.45, 2.75) is 13.3 Å². The minimum atomic E-state index is 1.04. The molecule has 0 atom stereocenters. The molecule has 1 aromatic heterocycles. The van der Waals surface area contributed by atoms with Crippen LogP contribution < -0.4 is 0 Å². The molecule has 0 saturated carbocycles. The number of benzene rings is 1. The molecule has 1 aliphatic carbocycles. The Morgan fingerprint density at radius 1 is 1.14 bits per heavy atom. The van der Waals surface area contributed by atoms with E-state index in [0.29, 0.717) is 0 Å². The number of fused-ring (bicyclic) bond motifs is 3. The van der Waals surface area contributed by atoms with Crippen LogP contribution in [0.3, 0.4) is 0 Å². The van der Waals surface area contributed by atoms with Crippen molar-refractivity contribution in [2.24, 2.45) is 0 Å². The Balaban J connectivity index is 2.27. The summed E-state index contributed by atoms with van der Waals surface area (Å²) in [7, 11) is 0. The van der Waals surface area contributed by atoms with E-state index in [2.05, 4.69) is 36.2 Å². The van der Waals surface area contributed by atoms with Crippen molar-refractivity contribution in [3.63, 3.8) is 0 Å². The number of nitrogens with zero attached hydrogens (tertiary/aromatic N) is 1. The van der Waals surface area contributed by atoms with E-state index in [1.165, 1.54) is 27.9 Å². The Morgan fingerprint density at radius 3 is 3.00 bits per heavy atom. The topological polar surface area (TPSA) is 12.9 Å². The molecule has 0 radical (unpaired) electrons. The molecule has 0 spiro atoms.